The summed E-state index contributed by atoms with van der Waals surface area (Å²) in [4.78, 5) is 0. The summed E-state index contributed by atoms with van der Waals surface area (Å²) in [5, 5.41) is 3.62. The zero-order valence-electron chi connectivity index (χ0n) is 10.9. The lowest BCUT2D eigenvalue weighted by Gasteiger charge is -2.23. The molecule has 0 saturated heterocycles. The number of hydrogen-bond acceptors (Lipinski definition) is 1. The van der Waals surface area contributed by atoms with Crippen LogP contribution in [0.3, 0.4) is 0 Å². The molecule has 0 aromatic heterocycles. The molecule has 0 spiro atoms. The Kier molecular flexibility index (Phi) is 4.26. The van der Waals surface area contributed by atoms with Crippen LogP contribution in [0.1, 0.15) is 43.7 Å². The third-order valence-electron chi connectivity index (χ3n) is 3.91. The summed E-state index contributed by atoms with van der Waals surface area (Å²) in [6.07, 6.45) is 5.60. The van der Waals surface area contributed by atoms with Crippen LogP contribution < -0.4 is 5.32 Å². The van der Waals surface area contributed by atoms with Crippen LogP contribution >= 0.6 is 15.9 Å². The quantitative estimate of drug-likeness (QED) is 0.867. The van der Waals surface area contributed by atoms with Gasteiger partial charge in [-0.15, -0.1) is 0 Å². The van der Waals surface area contributed by atoms with Crippen molar-refractivity contribution in [1.82, 2.24) is 5.32 Å². The molecular formula is C15H22BrN. The molecule has 1 aliphatic rings. The first kappa shape index (κ1) is 13.1. The highest BCUT2D eigenvalue weighted by Crippen LogP contribution is 2.36. The van der Waals surface area contributed by atoms with Crippen LogP contribution in [0.25, 0.3) is 0 Å². The molecule has 17 heavy (non-hydrogen) atoms. The predicted molar refractivity (Wildman–Crippen MR) is 77.2 cm³/mol. The van der Waals surface area contributed by atoms with E-state index < -0.39 is 0 Å². The second-order valence-electron chi connectivity index (χ2n) is 5.70. The molecule has 1 aliphatic carbocycles. The van der Waals surface area contributed by atoms with Gasteiger partial charge in [0.05, 0.1) is 0 Å². The third-order valence-corrected chi connectivity index (χ3v) is 4.80. The van der Waals surface area contributed by atoms with Crippen molar-refractivity contribution in [3.63, 3.8) is 0 Å². The van der Waals surface area contributed by atoms with Crippen LogP contribution in [0.15, 0.2) is 22.7 Å². The summed E-state index contributed by atoms with van der Waals surface area (Å²) in [6.45, 7) is 6.71. The monoisotopic (exact) mass is 295 g/mol. The Morgan fingerprint density at radius 3 is 2.65 bits per heavy atom. The van der Waals surface area contributed by atoms with Gasteiger partial charge in [-0.25, -0.2) is 0 Å². The number of benzene rings is 1. The fourth-order valence-electron chi connectivity index (χ4n) is 2.73. The first-order valence-electron chi connectivity index (χ1n) is 6.55. The Bertz CT molecular complexity index is 381. The molecule has 0 unspecified atom stereocenters. The molecule has 0 heterocycles. The fourth-order valence-corrected chi connectivity index (χ4v) is 2.98. The van der Waals surface area contributed by atoms with E-state index in [-0.39, 0.29) is 0 Å². The average Bonchev–Trinajstić information content (AvgIpc) is 2.71. The van der Waals surface area contributed by atoms with Gasteiger partial charge in [0.15, 0.2) is 0 Å². The zero-order chi connectivity index (χ0) is 12.3. The molecule has 0 atom stereocenters. The van der Waals surface area contributed by atoms with Gasteiger partial charge in [-0.1, -0.05) is 47.8 Å². The summed E-state index contributed by atoms with van der Waals surface area (Å²) in [5.41, 5.74) is 3.24. The molecule has 0 amide bonds. The highest BCUT2D eigenvalue weighted by atomic mass is 79.9. The minimum Gasteiger partial charge on any atom is -0.312 e. The van der Waals surface area contributed by atoms with E-state index in [1.54, 1.807) is 0 Å². The van der Waals surface area contributed by atoms with E-state index in [0.29, 0.717) is 5.41 Å². The Labute approximate surface area is 113 Å². The van der Waals surface area contributed by atoms with Crippen LogP contribution in [0.5, 0.6) is 0 Å². The molecule has 0 bridgehead atoms. The Morgan fingerprint density at radius 1 is 1.29 bits per heavy atom. The van der Waals surface area contributed by atoms with E-state index in [1.807, 2.05) is 0 Å². The molecule has 1 aromatic rings. The van der Waals surface area contributed by atoms with Crippen molar-refractivity contribution in [2.75, 3.05) is 6.54 Å². The van der Waals surface area contributed by atoms with E-state index in [4.69, 9.17) is 0 Å². The topological polar surface area (TPSA) is 12.0 Å². The second-order valence-corrected chi connectivity index (χ2v) is 6.56. The van der Waals surface area contributed by atoms with Gasteiger partial charge >= 0.3 is 0 Å². The molecule has 0 aliphatic heterocycles. The van der Waals surface area contributed by atoms with Gasteiger partial charge < -0.3 is 5.32 Å². The molecule has 1 N–H and O–H groups in total. The molecule has 2 rings (SSSR count). The van der Waals surface area contributed by atoms with Crippen LogP contribution in [0.4, 0.5) is 0 Å². The van der Waals surface area contributed by atoms with Crippen molar-refractivity contribution in [1.29, 1.82) is 0 Å². The maximum absolute atomic E-state index is 3.62. The van der Waals surface area contributed by atoms with Gasteiger partial charge in [-0.3, -0.25) is 0 Å². The summed E-state index contributed by atoms with van der Waals surface area (Å²) < 4.78 is 1.20. The average molecular weight is 296 g/mol. The largest absolute Gasteiger partial charge is 0.312 e. The first-order valence-corrected chi connectivity index (χ1v) is 7.34. The number of halogens is 1. The molecule has 2 heteroatoms. The van der Waals surface area contributed by atoms with Crippen molar-refractivity contribution < 1.29 is 0 Å². The van der Waals surface area contributed by atoms with E-state index in [2.05, 4.69) is 53.3 Å². The molecule has 0 radical (unpaired) electrons. The number of hydrogen-bond donors (Lipinski definition) is 1. The van der Waals surface area contributed by atoms with Gasteiger partial charge in [-0.2, -0.15) is 0 Å². The molecule has 1 fully saturated rings. The molecular weight excluding hydrogens is 274 g/mol. The van der Waals surface area contributed by atoms with E-state index in [1.165, 1.54) is 41.3 Å². The second kappa shape index (κ2) is 5.53. The Morgan fingerprint density at radius 2 is 2.00 bits per heavy atom. The van der Waals surface area contributed by atoms with Crippen molar-refractivity contribution in [2.45, 2.75) is 46.1 Å². The van der Waals surface area contributed by atoms with Crippen molar-refractivity contribution in [3.8, 4) is 0 Å². The minimum absolute atomic E-state index is 0.546. The maximum Gasteiger partial charge on any atom is 0.0205 e. The third kappa shape index (κ3) is 3.56. The minimum atomic E-state index is 0.546. The summed E-state index contributed by atoms with van der Waals surface area (Å²) >= 11 is 3.54. The van der Waals surface area contributed by atoms with Gasteiger partial charge in [-0.05, 0) is 42.4 Å². The number of aryl methyl sites for hydroxylation is 1. The molecule has 1 aromatic carbocycles. The van der Waals surface area contributed by atoms with Crippen molar-refractivity contribution in [3.05, 3.63) is 33.8 Å². The molecule has 1 saturated carbocycles. The highest BCUT2D eigenvalue weighted by molar-refractivity contribution is 9.10. The summed E-state index contributed by atoms with van der Waals surface area (Å²) in [7, 11) is 0. The van der Waals surface area contributed by atoms with Crippen LogP contribution in [0, 0.1) is 12.3 Å². The van der Waals surface area contributed by atoms with Crippen LogP contribution in [-0.4, -0.2) is 6.54 Å². The smallest absolute Gasteiger partial charge is 0.0205 e. The lowest BCUT2D eigenvalue weighted by atomic mass is 9.89. The predicted octanol–water partition coefficient (Wildman–Crippen LogP) is 4.43. The standard InChI is InChI=1S/C15H22BrN/c1-12-9-13(5-6-14(12)16)10-17-11-15(2)7-3-4-8-15/h5-6,9,17H,3-4,7-8,10-11H2,1-2H3. The summed E-state index contributed by atoms with van der Waals surface area (Å²) in [6, 6.07) is 6.60. The molecule has 94 valence electrons. The van der Waals surface area contributed by atoms with Crippen LogP contribution in [0.2, 0.25) is 0 Å². The lowest BCUT2D eigenvalue weighted by Crippen LogP contribution is -2.29. The zero-order valence-corrected chi connectivity index (χ0v) is 12.4. The van der Waals surface area contributed by atoms with Gasteiger partial charge in [0.25, 0.3) is 0 Å². The van der Waals surface area contributed by atoms with E-state index in [0.717, 1.165) is 13.1 Å². The van der Waals surface area contributed by atoms with Gasteiger partial charge in [0.2, 0.25) is 0 Å². The van der Waals surface area contributed by atoms with Gasteiger partial charge in [0, 0.05) is 17.6 Å². The maximum atomic E-state index is 3.62. The highest BCUT2D eigenvalue weighted by Gasteiger charge is 2.27. The van der Waals surface area contributed by atoms with E-state index >= 15 is 0 Å². The lowest BCUT2D eigenvalue weighted by molar-refractivity contribution is 0.314. The van der Waals surface area contributed by atoms with Crippen LogP contribution in [-0.2, 0) is 6.54 Å². The fraction of sp³-hybridized carbons (Fsp3) is 0.600. The normalized spacial score (nSPS) is 18.5. The number of nitrogens with one attached hydrogen (secondary N) is 1. The summed E-state index contributed by atoms with van der Waals surface area (Å²) in [5.74, 6) is 0. The van der Waals surface area contributed by atoms with Crippen molar-refractivity contribution >= 4 is 15.9 Å². The van der Waals surface area contributed by atoms with Crippen molar-refractivity contribution in [2.24, 2.45) is 5.41 Å². The Hall–Kier alpha value is -0.340. The SMILES string of the molecule is Cc1cc(CNCC2(C)CCCC2)ccc1Br. The molecule has 1 nitrogen and oxygen atoms in total. The number of rotatable bonds is 4. The van der Waals surface area contributed by atoms with E-state index in [9.17, 15) is 0 Å². The first-order chi connectivity index (χ1) is 8.09. The van der Waals surface area contributed by atoms with Gasteiger partial charge in [0.1, 0.15) is 0 Å². The Balaban J connectivity index is 1.83.